The van der Waals surface area contributed by atoms with Crippen molar-refractivity contribution in [2.24, 2.45) is 5.92 Å². The molecule has 3 heterocycles. The molecule has 0 spiro atoms. The van der Waals surface area contributed by atoms with Crippen molar-refractivity contribution >= 4 is 27.7 Å². The van der Waals surface area contributed by atoms with Crippen LogP contribution in [0.1, 0.15) is 49.5 Å². The summed E-state index contributed by atoms with van der Waals surface area (Å²) in [7, 11) is 0. The van der Waals surface area contributed by atoms with Crippen LogP contribution in [0.3, 0.4) is 0 Å². The number of ether oxygens (including phenoxy) is 1. The zero-order valence-electron chi connectivity index (χ0n) is 20.9. The van der Waals surface area contributed by atoms with Gasteiger partial charge in [0.05, 0.1) is 17.9 Å². The Labute approximate surface area is 200 Å². The number of amides is 1. The highest BCUT2D eigenvalue weighted by Gasteiger charge is 2.27. The molecule has 34 heavy (non-hydrogen) atoms. The SMILES string of the molecule is Cc1noc(C)c1-c1ccc2c3cc(C(=O)N4C[C@@H](C)O[C@@H](C)C4)ccc3n(CC(C)C)c2c1. The summed E-state index contributed by atoms with van der Waals surface area (Å²) in [4.78, 5) is 15.3. The average Bonchev–Trinajstić information content (AvgIpc) is 3.28. The summed E-state index contributed by atoms with van der Waals surface area (Å²) in [6.07, 6.45) is 0.0965. The van der Waals surface area contributed by atoms with Crippen molar-refractivity contribution in [3.05, 3.63) is 53.4 Å². The van der Waals surface area contributed by atoms with E-state index in [-0.39, 0.29) is 18.1 Å². The van der Waals surface area contributed by atoms with E-state index in [1.165, 1.54) is 5.52 Å². The van der Waals surface area contributed by atoms with Crippen molar-refractivity contribution in [3.8, 4) is 11.1 Å². The largest absolute Gasteiger partial charge is 0.372 e. The van der Waals surface area contributed by atoms with Gasteiger partial charge in [0.25, 0.3) is 5.91 Å². The van der Waals surface area contributed by atoms with Crippen LogP contribution in [-0.2, 0) is 11.3 Å². The lowest BCUT2D eigenvalue weighted by Crippen LogP contribution is -2.48. The smallest absolute Gasteiger partial charge is 0.254 e. The molecular weight excluding hydrogens is 426 g/mol. The molecule has 1 aliphatic rings. The second-order valence-electron chi connectivity index (χ2n) is 10.1. The molecular formula is C28H33N3O3. The standard InChI is InChI=1S/C28H33N3O3/c1-16(2)13-31-25-10-8-22(28(32)30-14-17(3)33-18(4)15-30)11-24(25)23-9-7-21(12-26(23)31)27-19(5)29-34-20(27)6/h7-12,16-18H,13-15H2,1-6H3/t17-,18+. The molecule has 0 radical (unpaired) electrons. The summed E-state index contributed by atoms with van der Waals surface area (Å²) < 4.78 is 13.6. The molecule has 0 bridgehead atoms. The number of rotatable bonds is 4. The second-order valence-corrected chi connectivity index (χ2v) is 10.1. The number of nitrogens with zero attached hydrogens (tertiary/aromatic N) is 3. The highest BCUT2D eigenvalue weighted by Crippen LogP contribution is 2.35. The molecule has 5 rings (SSSR count). The van der Waals surface area contributed by atoms with Gasteiger partial charge in [0, 0.05) is 52.6 Å². The van der Waals surface area contributed by atoms with Gasteiger partial charge < -0.3 is 18.7 Å². The van der Waals surface area contributed by atoms with Crippen LogP contribution in [0, 0.1) is 19.8 Å². The molecule has 4 aromatic rings. The molecule has 1 aliphatic heterocycles. The molecule has 0 aliphatic carbocycles. The number of aryl methyl sites for hydroxylation is 2. The van der Waals surface area contributed by atoms with E-state index in [1.54, 1.807) is 0 Å². The van der Waals surface area contributed by atoms with Crippen LogP contribution in [0.5, 0.6) is 0 Å². The Morgan fingerprint density at radius 3 is 2.41 bits per heavy atom. The number of morpholine rings is 1. The van der Waals surface area contributed by atoms with E-state index in [4.69, 9.17) is 9.26 Å². The van der Waals surface area contributed by atoms with Gasteiger partial charge in [-0.3, -0.25) is 4.79 Å². The van der Waals surface area contributed by atoms with Gasteiger partial charge in [0.2, 0.25) is 0 Å². The van der Waals surface area contributed by atoms with E-state index in [0.29, 0.717) is 19.0 Å². The van der Waals surface area contributed by atoms with Gasteiger partial charge in [0.15, 0.2) is 0 Å². The van der Waals surface area contributed by atoms with Gasteiger partial charge >= 0.3 is 0 Å². The molecule has 0 saturated carbocycles. The first-order chi connectivity index (χ1) is 16.2. The van der Waals surface area contributed by atoms with Gasteiger partial charge in [-0.15, -0.1) is 0 Å². The van der Waals surface area contributed by atoms with E-state index in [9.17, 15) is 4.79 Å². The number of hydrogen-bond acceptors (Lipinski definition) is 4. The fourth-order valence-corrected chi connectivity index (χ4v) is 5.37. The maximum atomic E-state index is 13.4. The summed E-state index contributed by atoms with van der Waals surface area (Å²) in [5, 5.41) is 6.41. The summed E-state index contributed by atoms with van der Waals surface area (Å²) in [6, 6.07) is 12.7. The van der Waals surface area contributed by atoms with Gasteiger partial charge in [0.1, 0.15) is 5.76 Å². The van der Waals surface area contributed by atoms with Gasteiger partial charge in [-0.2, -0.15) is 0 Å². The van der Waals surface area contributed by atoms with E-state index < -0.39 is 0 Å². The van der Waals surface area contributed by atoms with Crippen LogP contribution in [0.25, 0.3) is 32.9 Å². The maximum absolute atomic E-state index is 13.4. The van der Waals surface area contributed by atoms with Crippen LogP contribution in [0.15, 0.2) is 40.9 Å². The average molecular weight is 460 g/mol. The zero-order valence-corrected chi connectivity index (χ0v) is 20.9. The zero-order chi connectivity index (χ0) is 24.1. The number of aromatic nitrogens is 2. The van der Waals surface area contributed by atoms with Crippen molar-refractivity contribution in [2.45, 2.75) is 60.3 Å². The molecule has 2 atom stereocenters. The molecule has 1 saturated heterocycles. The number of carbonyl (C=O) groups is 1. The molecule has 1 fully saturated rings. The fourth-order valence-electron chi connectivity index (χ4n) is 5.37. The highest BCUT2D eigenvalue weighted by molar-refractivity contribution is 6.11. The van der Waals surface area contributed by atoms with Crippen molar-refractivity contribution < 1.29 is 14.1 Å². The normalized spacial score (nSPS) is 19.0. The summed E-state index contributed by atoms with van der Waals surface area (Å²) in [6.45, 7) is 14.6. The number of benzene rings is 2. The predicted octanol–water partition coefficient (Wildman–Crippen LogP) is 5.97. The van der Waals surface area contributed by atoms with Gasteiger partial charge in [-0.25, -0.2) is 0 Å². The lowest BCUT2D eigenvalue weighted by molar-refractivity contribution is -0.0586. The highest BCUT2D eigenvalue weighted by atomic mass is 16.5. The van der Waals surface area contributed by atoms with Crippen LogP contribution in [-0.4, -0.2) is 45.8 Å². The first-order valence-corrected chi connectivity index (χ1v) is 12.2. The first-order valence-electron chi connectivity index (χ1n) is 12.2. The monoisotopic (exact) mass is 459 g/mol. The minimum atomic E-state index is 0.0483. The van der Waals surface area contributed by atoms with E-state index in [2.05, 4.69) is 53.9 Å². The van der Waals surface area contributed by atoms with E-state index in [1.807, 2.05) is 38.7 Å². The van der Waals surface area contributed by atoms with Gasteiger partial charge in [-0.05, 0) is 63.4 Å². The third-order valence-electron chi connectivity index (χ3n) is 6.69. The van der Waals surface area contributed by atoms with Crippen LogP contribution in [0.4, 0.5) is 0 Å². The first kappa shape index (κ1) is 22.7. The third kappa shape index (κ3) is 3.90. The van der Waals surface area contributed by atoms with Crippen molar-refractivity contribution in [2.75, 3.05) is 13.1 Å². The number of hydrogen-bond donors (Lipinski definition) is 0. The minimum absolute atomic E-state index is 0.0483. The van der Waals surface area contributed by atoms with Crippen molar-refractivity contribution in [3.63, 3.8) is 0 Å². The second kappa shape index (κ2) is 8.58. The van der Waals surface area contributed by atoms with Crippen molar-refractivity contribution in [1.29, 1.82) is 0 Å². The molecule has 178 valence electrons. The van der Waals surface area contributed by atoms with Crippen molar-refractivity contribution in [1.82, 2.24) is 14.6 Å². The number of carbonyl (C=O) groups excluding carboxylic acids is 1. The van der Waals surface area contributed by atoms with Gasteiger partial charge in [-0.1, -0.05) is 31.1 Å². The molecule has 0 unspecified atom stereocenters. The van der Waals surface area contributed by atoms with E-state index in [0.717, 1.165) is 51.0 Å². The molecule has 6 nitrogen and oxygen atoms in total. The number of fused-ring (bicyclic) bond motifs is 3. The summed E-state index contributed by atoms with van der Waals surface area (Å²) in [5.41, 5.74) is 6.09. The Hall–Kier alpha value is -3.12. The van der Waals surface area contributed by atoms with E-state index >= 15 is 0 Å². The Balaban J connectivity index is 1.64. The van der Waals surface area contributed by atoms with Crippen LogP contribution < -0.4 is 0 Å². The maximum Gasteiger partial charge on any atom is 0.254 e. The summed E-state index contributed by atoms with van der Waals surface area (Å²) in [5.74, 6) is 1.38. The minimum Gasteiger partial charge on any atom is -0.372 e. The molecule has 2 aromatic carbocycles. The fraction of sp³-hybridized carbons (Fsp3) is 0.429. The Bertz CT molecular complexity index is 1350. The Morgan fingerprint density at radius 1 is 1.03 bits per heavy atom. The lowest BCUT2D eigenvalue weighted by atomic mass is 10.0. The Kier molecular flexibility index (Phi) is 5.72. The Morgan fingerprint density at radius 2 is 1.76 bits per heavy atom. The van der Waals surface area contributed by atoms with Crippen LogP contribution >= 0.6 is 0 Å². The molecule has 6 heteroatoms. The van der Waals surface area contributed by atoms with Crippen LogP contribution in [0.2, 0.25) is 0 Å². The molecule has 2 aromatic heterocycles. The summed E-state index contributed by atoms with van der Waals surface area (Å²) >= 11 is 0. The molecule has 0 N–H and O–H groups in total. The topological polar surface area (TPSA) is 60.5 Å². The quantitative estimate of drug-likeness (QED) is 0.377. The molecule has 1 amide bonds. The predicted molar refractivity (Wildman–Crippen MR) is 135 cm³/mol. The third-order valence-corrected chi connectivity index (χ3v) is 6.69. The lowest BCUT2D eigenvalue weighted by Gasteiger charge is -2.35.